The Kier molecular flexibility index (Phi) is 19.4. The number of nitrogens with one attached hydrogen (secondary N) is 2. The molecule has 0 radical (unpaired) electrons. The van der Waals surface area contributed by atoms with Crippen molar-refractivity contribution in [3.63, 3.8) is 0 Å². The highest BCUT2D eigenvalue weighted by Gasteiger charge is 2.45. The van der Waals surface area contributed by atoms with Crippen molar-refractivity contribution in [2.24, 2.45) is 5.73 Å². The number of carbonyl (C=O) groups is 3. The normalized spacial score (nSPS) is 16.2. The predicted octanol–water partition coefficient (Wildman–Crippen LogP) is 5.79. The molecule has 1 rings (SSSR count). The molecule has 4 N–H and O–H groups in total. The van der Waals surface area contributed by atoms with Crippen molar-refractivity contribution in [2.45, 2.75) is 161 Å². The topological polar surface area (TPSA) is 108 Å². The lowest BCUT2D eigenvalue weighted by Crippen LogP contribution is -2.70. The maximum atomic E-state index is 12.7. The summed E-state index contributed by atoms with van der Waals surface area (Å²) in [6.45, 7) is 4.66. The minimum atomic E-state index is -1.32. The summed E-state index contributed by atoms with van der Waals surface area (Å²) in [4.78, 5) is 40.4. The number of nitrogens with zero attached hydrogens (tertiary/aromatic N) is 2. The molecule has 2 atom stereocenters. The van der Waals surface area contributed by atoms with Gasteiger partial charge in [0.2, 0.25) is 17.7 Å². The Morgan fingerprint density at radius 1 is 0.795 bits per heavy atom. The van der Waals surface area contributed by atoms with E-state index in [-0.39, 0.29) is 37.0 Å². The van der Waals surface area contributed by atoms with Gasteiger partial charge in [0, 0.05) is 25.7 Å². The van der Waals surface area contributed by atoms with Crippen LogP contribution in [-0.4, -0.2) is 60.1 Å². The smallest absolute Gasteiger partial charge is 0.232 e. The Hall–Kier alpha value is -1.51. The first kappa shape index (κ1) is 35.5. The fourth-order valence-corrected chi connectivity index (χ4v) is 5.50. The van der Waals surface area contributed by atoms with E-state index in [0.29, 0.717) is 13.0 Å². The van der Waals surface area contributed by atoms with E-state index < -0.39 is 12.0 Å². The van der Waals surface area contributed by atoms with Crippen molar-refractivity contribution in [3.05, 3.63) is 0 Å². The molecule has 0 aromatic heterocycles. The fraction of sp³-hybridized carbons (Fsp3) is 0.903. The Labute approximate surface area is 239 Å². The Balaban J connectivity index is 2.15. The molecular weight excluding hydrogens is 490 g/mol. The van der Waals surface area contributed by atoms with Crippen LogP contribution >= 0.6 is 0 Å². The molecule has 0 spiro atoms. The van der Waals surface area contributed by atoms with E-state index in [0.717, 1.165) is 17.7 Å². The van der Waals surface area contributed by atoms with Crippen molar-refractivity contribution in [1.82, 2.24) is 20.4 Å². The van der Waals surface area contributed by atoms with Gasteiger partial charge in [-0.25, -0.2) is 4.90 Å². The SMILES string of the molecule is CCCCCCCCCCCCCCCCCCCC(=O)NC(CC(N)(NCC)N1C(=O)CCC1=O)N(C)C. The van der Waals surface area contributed by atoms with Crippen LogP contribution in [0, 0.1) is 0 Å². The molecular formula is C31H61N5O3. The van der Waals surface area contributed by atoms with Crippen LogP contribution in [-0.2, 0) is 14.4 Å². The van der Waals surface area contributed by atoms with Gasteiger partial charge in [0.1, 0.15) is 0 Å². The summed E-state index contributed by atoms with van der Waals surface area (Å²) in [5.74, 6) is -1.88. The first-order valence-corrected chi connectivity index (χ1v) is 16.1. The second-order valence-corrected chi connectivity index (χ2v) is 11.7. The van der Waals surface area contributed by atoms with E-state index >= 15 is 0 Å². The molecule has 0 bridgehead atoms. The van der Waals surface area contributed by atoms with Crippen molar-refractivity contribution in [2.75, 3.05) is 20.6 Å². The zero-order valence-corrected chi connectivity index (χ0v) is 25.8. The largest absolute Gasteiger partial charge is 0.340 e. The summed E-state index contributed by atoms with van der Waals surface area (Å²) in [5, 5.41) is 6.16. The Morgan fingerprint density at radius 2 is 1.21 bits per heavy atom. The van der Waals surface area contributed by atoms with Gasteiger partial charge in [-0.3, -0.25) is 30.3 Å². The number of imide groups is 1. The molecule has 1 fully saturated rings. The zero-order valence-electron chi connectivity index (χ0n) is 25.8. The lowest BCUT2D eigenvalue weighted by atomic mass is 10.0. The van der Waals surface area contributed by atoms with Crippen LogP contribution in [0.4, 0.5) is 0 Å². The van der Waals surface area contributed by atoms with E-state index in [1.54, 1.807) is 0 Å². The maximum Gasteiger partial charge on any atom is 0.232 e. The Morgan fingerprint density at radius 3 is 1.59 bits per heavy atom. The highest BCUT2D eigenvalue weighted by atomic mass is 16.2. The quantitative estimate of drug-likeness (QED) is 0.0753. The summed E-state index contributed by atoms with van der Waals surface area (Å²) >= 11 is 0. The molecule has 39 heavy (non-hydrogen) atoms. The second kappa shape index (κ2) is 21.3. The van der Waals surface area contributed by atoms with Gasteiger partial charge in [-0.15, -0.1) is 0 Å². The van der Waals surface area contributed by atoms with E-state index in [4.69, 9.17) is 5.73 Å². The molecule has 1 aliphatic heterocycles. The predicted molar refractivity (Wildman–Crippen MR) is 161 cm³/mol. The molecule has 228 valence electrons. The van der Waals surface area contributed by atoms with Gasteiger partial charge < -0.3 is 5.32 Å². The standard InChI is InChI=1S/C31H61N5O3/c1-5-7-8-9-10-11-12-13-14-15-16-17-18-19-20-21-22-23-28(37)34-27(35(3)4)26-31(32,33-6-2)36-29(38)24-25-30(36)39/h27,33H,5-26,32H2,1-4H3,(H,34,37). The molecule has 0 aromatic carbocycles. The molecule has 8 heteroatoms. The first-order chi connectivity index (χ1) is 18.7. The second-order valence-electron chi connectivity index (χ2n) is 11.7. The molecule has 1 aliphatic rings. The van der Waals surface area contributed by atoms with E-state index in [9.17, 15) is 14.4 Å². The number of carbonyl (C=O) groups excluding carboxylic acids is 3. The van der Waals surface area contributed by atoms with Crippen molar-refractivity contribution < 1.29 is 14.4 Å². The van der Waals surface area contributed by atoms with Gasteiger partial charge in [0.15, 0.2) is 5.79 Å². The fourth-order valence-electron chi connectivity index (χ4n) is 5.50. The van der Waals surface area contributed by atoms with Crippen LogP contribution in [0.1, 0.15) is 149 Å². The molecule has 3 amide bonds. The summed E-state index contributed by atoms with van der Waals surface area (Å²) in [6.07, 6.45) is 23.0. The van der Waals surface area contributed by atoms with Crippen molar-refractivity contribution in [3.8, 4) is 0 Å². The van der Waals surface area contributed by atoms with Gasteiger partial charge in [-0.2, -0.15) is 0 Å². The molecule has 0 aliphatic carbocycles. The molecule has 1 heterocycles. The number of nitrogens with two attached hydrogens (primary N) is 1. The highest BCUT2D eigenvalue weighted by Crippen LogP contribution is 2.23. The van der Waals surface area contributed by atoms with Crippen LogP contribution in [0.5, 0.6) is 0 Å². The third kappa shape index (κ3) is 15.2. The average Bonchev–Trinajstić information content (AvgIpc) is 3.24. The van der Waals surface area contributed by atoms with Crippen LogP contribution in [0.2, 0.25) is 0 Å². The number of rotatable bonds is 25. The van der Waals surface area contributed by atoms with E-state index in [1.165, 1.54) is 96.3 Å². The lowest BCUT2D eigenvalue weighted by Gasteiger charge is -2.41. The molecule has 0 saturated carbocycles. The van der Waals surface area contributed by atoms with Crippen molar-refractivity contribution in [1.29, 1.82) is 0 Å². The minimum absolute atomic E-state index is 0.0208. The van der Waals surface area contributed by atoms with Gasteiger partial charge in [0.05, 0.1) is 6.17 Å². The highest BCUT2D eigenvalue weighted by molar-refractivity contribution is 6.02. The number of unbranched alkanes of at least 4 members (excludes halogenated alkanes) is 16. The maximum absolute atomic E-state index is 12.7. The number of likely N-dealkylation sites (tertiary alicyclic amines) is 1. The zero-order chi connectivity index (χ0) is 28.9. The van der Waals surface area contributed by atoms with Crippen LogP contribution < -0.4 is 16.4 Å². The van der Waals surface area contributed by atoms with Gasteiger partial charge >= 0.3 is 0 Å². The van der Waals surface area contributed by atoms with E-state index in [2.05, 4.69) is 17.6 Å². The molecule has 1 saturated heterocycles. The Bertz CT molecular complexity index is 671. The molecule has 0 aromatic rings. The monoisotopic (exact) mass is 551 g/mol. The van der Waals surface area contributed by atoms with Gasteiger partial charge in [-0.1, -0.05) is 117 Å². The third-order valence-corrected chi connectivity index (χ3v) is 7.90. The van der Waals surface area contributed by atoms with Gasteiger partial charge in [0.25, 0.3) is 0 Å². The molecule has 8 nitrogen and oxygen atoms in total. The number of hydrogen-bond acceptors (Lipinski definition) is 6. The minimum Gasteiger partial charge on any atom is -0.340 e. The lowest BCUT2D eigenvalue weighted by molar-refractivity contribution is -0.148. The van der Waals surface area contributed by atoms with Crippen molar-refractivity contribution >= 4 is 17.7 Å². The summed E-state index contributed by atoms with van der Waals surface area (Å²) in [5.41, 5.74) is 6.55. The first-order valence-electron chi connectivity index (χ1n) is 16.1. The summed E-state index contributed by atoms with van der Waals surface area (Å²) in [7, 11) is 3.72. The number of amides is 3. The van der Waals surface area contributed by atoms with Crippen LogP contribution in [0.25, 0.3) is 0 Å². The third-order valence-electron chi connectivity index (χ3n) is 7.90. The average molecular weight is 552 g/mol. The van der Waals surface area contributed by atoms with Crippen LogP contribution in [0.3, 0.4) is 0 Å². The van der Waals surface area contributed by atoms with Crippen LogP contribution in [0.15, 0.2) is 0 Å². The molecule has 2 unspecified atom stereocenters. The van der Waals surface area contributed by atoms with Gasteiger partial charge in [-0.05, 0) is 27.1 Å². The summed E-state index contributed by atoms with van der Waals surface area (Å²) < 4.78 is 0. The summed E-state index contributed by atoms with van der Waals surface area (Å²) in [6, 6.07) is 0. The number of hydrogen-bond donors (Lipinski definition) is 3. The van der Waals surface area contributed by atoms with E-state index in [1.807, 2.05) is 25.9 Å².